The molecule has 0 aliphatic rings. The topological polar surface area (TPSA) is 66.8 Å². The van der Waals surface area contributed by atoms with Crippen molar-refractivity contribution >= 4 is 7.82 Å². The van der Waals surface area contributed by atoms with Crippen molar-refractivity contribution in [3.05, 3.63) is 0 Å². The highest BCUT2D eigenvalue weighted by Gasteiger charge is 2.23. The van der Waals surface area contributed by atoms with Gasteiger partial charge in [-0.1, -0.05) is 52.9 Å². The molecule has 4 nitrogen and oxygen atoms in total. The molecule has 0 bridgehead atoms. The monoisotopic (exact) mass is 266 g/mol. The van der Waals surface area contributed by atoms with E-state index in [1.165, 1.54) is 6.42 Å². The quantitative estimate of drug-likeness (QED) is 0.589. The van der Waals surface area contributed by atoms with E-state index in [4.69, 9.17) is 14.3 Å². The van der Waals surface area contributed by atoms with Gasteiger partial charge in [0.15, 0.2) is 0 Å². The summed E-state index contributed by atoms with van der Waals surface area (Å²) in [4.78, 5) is 17.7. The van der Waals surface area contributed by atoms with E-state index in [1.807, 2.05) is 6.92 Å². The van der Waals surface area contributed by atoms with E-state index >= 15 is 0 Å². The maximum absolute atomic E-state index is 10.9. The fraction of sp³-hybridized carbons (Fsp3) is 1.00. The van der Waals surface area contributed by atoms with Crippen LogP contribution in [-0.4, -0.2) is 15.9 Å². The molecule has 0 heterocycles. The highest BCUT2D eigenvalue weighted by molar-refractivity contribution is 7.46. The van der Waals surface area contributed by atoms with Gasteiger partial charge < -0.3 is 9.79 Å². The lowest BCUT2D eigenvalue weighted by Gasteiger charge is -2.22. The van der Waals surface area contributed by atoms with Crippen molar-refractivity contribution in [1.29, 1.82) is 0 Å². The molecule has 0 aromatic rings. The molecule has 2 atom stereocenters. The zero-order valence-electron chi connectivity index (χ0n) is 11.3. The van der Waals surface area contributed by atoms with Crippen LogP contribution in [-0.2, 0) is 9.09 Å². The van der Waals surface area contributed by atoms with E-state index in [9.17, 15) is 4.57 Å². The van der Waals surface area contributed by atoms with Crippen molar-refractivity contribution in [1.82, 2.24) is 0 Å². The lowest BCUT2D eigenvalue weighted by molar-refractivity contribution is 0.103. The number of phosphoric acid groups is 1. The van der Waals surface area contributed by atoms with Crippen LogP contribution in [0.2, 0.25) is 0 Å². The summed E-state index contributed by atoms with van der Waals surface area (Å²) in [6.07, 6.45) is 6.56. The normalized spacial score (nSPS) is 15.8. The Morgan fingerprint density at radius 3 is 2.18 bits per heavy atom. The minimum atomic E-state index is -4.34. The molecule has 0 fully saturated rings. The van der Waals surface area contributed by atoms with E-state index < -0.39 is 7.82 Å². The van der Waals surface area contributed by atoms with Crippen LogP contribution in [0.1, 0.15) is 65.7 Å². The Hall–Kier alpha value is 0.110. The van der Waals surface area contributed by atoms with Gasteiger partial charge in [-0.3, -0.25) is 4.52 Å². The standard InChI is InChI=1S/C12H27O4P/c1-4-7-9-11(6-3)10-12(8-5-2)16-17(13,14)15/h11-12H,4-10H2,1-3H3,(H2,13,14,15). The molecule has 0 rings (SSSR count). The van der Waals surface area contributed by atoms with Crippen molar-refractivity contribution in [2.45, 2.75) is 71.8 Å². The molecule has 2 unspecified atom stereocenters. The summed E-state index contributed by atoms with van der Waals surface area (Å²) in [6, 6.07) is 0. The first-order valence-electron chi connectivity index (χ1n) is 6.66. The predicted octanol–water partition coefficient (Wildman–Crippen LogP) is 3.87. The number of unbranched alkanes of at least 4 members (excludes halogenated alkanes) is 1. The maximum Gasteiger partial charge on any atom is 0.469 e. The lowest BCUT2D eigenvalue weighted by Crippen LogP contribution is -2.16. The van der Waals surface area contributed by atoms with Gasteiger partial charge in [0.2, 0.25) is 0 Å². The number of phosphoric ester groups is 1. The van der Waals surface area contributed by atoms with Gasteiger partial charge in [-0.15, -0.1) is 0 Å². The molecule has 0 aliphatic carbocycles. The van der Waals surface area contributed by atoms with Crippen LogP contribution in [0.4, 0.5) is 0 Å². The smallest absolute Gasteiger partial charge is 0.303 e. The van der Waals surface area contributed by atoms with Crippen LogP contribution < -0.4 is 0 Å². The van der Waals surface area contributed by atoms with Crippen LogP contribution in [0, 0.1) is 5.92 Å². The molecule has 0 amide bonds. The molecule has 17 heavy (non-hydrogen) atoms. The number of rotatable bonds is 10. The Balaban J connectivity index is 4.24. The largest absolute Gasteiger partial charge is 0.469 e. The minimum absolute atomic E-state index is 0.303. The van der Waals surface area contributed by atoms with Gasteiger partial charge in [0, 0.05) is 0 Å². The van der Waals surface area contributed by atoms with Gasteiger partial charge in [0.05, 0.1) is 6.10 Å². The van der Waals surface area contributed by atoms with Crippen molar-refractivity contribution in [3.63, 3.8) is 0 Å². The Bertz CT molecular complexity index is 227. The van der Waals surface area contributed by atoms with Crippen LogP contribution in [0.5, 0.6) is 0 Å². The summed E-state index contributed by atoms with van der Waals surface area (Å²) in [5.41, 5.74) is 0. The molecule has 5 heteroatoms. The summed E-state index contributed by atoms with van der Waals surface area (Å²) in [7, 11) is -4.34. The molecule has 0 radical (unpaired) electrons. The average molecular weight is 266 g/mol. The van der Waals surface area contributed by atoms with E-state index in [-0.39, 0.29) is 6.10 Å². The molecule has 0 aliphatic heterocycles. The first-order valence-corrected chi connectivity index (χ1v) is 8.19. The zero-order valence-corrected chi connectivity index (χ0v) is 12.2. The third kappa shape index (κ3) is 9.78. The van der Waals surface area contributed by atoms with E-state index in [1.54, 1.807) is 0 Å². The Morgan fingerprint density at radius 1 is 1.12 bits per heavy atom. The summed E-state index contributed by atoms with van der Waals surface area (Å²) in [5, 5.41) is 0. The van der Waals surface area contributed by atoms with Gasteiger partial charge in [-0.05, 0) is 18.8 Å². The van der Waals surface area contributed by atoms with Crippen molar-refractivity contribution < 1.29 is 18.9 Å². The average Bonchev–Trinajstić information content (AvgIpc) is 2.22. The summed E-state index contributed by atoms with van der Waals surface area (Å²) >= 11 is 0. The molecule has 0 spiro atoms. The molecule has 0 aromatic carbocycles. The van der Waals surface area contributed by atoms with E-state index in [2.05, 4.69) is 13.8 Å². The van der Waals surface area contributed by atoms with Gasteiger partial charge >= 0.3 is 7.82 Å². The summed E-state index contributed by atoms with van der Waals surface area (Å²) in [6.45, 7) is 6.28. The predicted molar refractivity (Wildman–Crippen MR) is 69.7 cm³/mol. The molecular formula is C12H27O4P. The van der Waals surface area contributed by atoms with Gasteiger partial charge in [0.25, 0.3) is 0 Å². The Morgan fingerprint density at radius 2 is 1.76 bits per heavy atom. The van der Waals surface area contributed by atoms with E-state index in [0.717, 1.165) is 32.1 Å². The minimum Gasteiger partial charge on any atom is -0.303 e. The Kier molecular flexibility index (Phi) is 9.15. The molecule has 2 N–H and O–H groups in total. The fourth-order valence-corrected chi connectivity index (χ4v) is 2.66. The SMILES string of the molecule is CCCCC(CC)CC(CCC)OP(=O)(O)O. The van der Waals surface area contributed by atoms with Gasteiger partial charge in [-0.2, -0.15) is 0 Å². The van der Waals surface area contributed by atoms with Crippen molar-refractivity contribution in [3.8, 4) is 0 Å². The maximum atomic E-state index is 10.9. The van der Waals surface area contributed by atoms with Crippen LogP contribution in [0.15, 0.2) is 0 Å². The molecular weight excluding hydrogens is 239 g/mol. The van der Waals surface area contributed by atoms with E-state index in [0.29, 0.717) is 12.3 Å². The second-order valence-corrected chi connectivity index (χ2v) is 5.85. The second kappa shape index (κ2) is 9.09. The van der Waals surface area contributed by atoms with Crippen molar-refractivity contribution in [2.75, 3.05) is 0 Å². The molecule has 0 saturated carbocycles. The highest BCUT2D eigenvalue weighted by Crippen LogP contribution is 2.40. The molecule has 0 saturated heterocycles. The third-order valence-electron chi connectivity index (χ3n) is 3.04. The third-order valence-corrected chi connectivity index (χ3v) is 3.61. The van der Waals surface area contributed by atoms with Crippen LogP contribution in [0.3, 0.4) is 0 Å². The first kappa shape index (κ1) is 17.1. The van der Waals surface area contributed by atoms with Gasteiger partial charge in [0.1, 0.15) is 0 Å². The fourth-order valence-electron chi connectivity index (χ4n) is 2.08. The number of hydrogen-bond acceptors (Lipinski definition) is 2. The van der Waals surface area contributed by atoms with Crippen LogP contribution in [0.25, 0.3) is 0 Å². The second-order valence-electron chi connectivity index (χ2n) is 4.66. The lowest BCUT2D eigenvalue weighted by atomic mass is 9.92. The zero-order chi connectivity index (χ0) is 13.3. The number of hydrogen-bond donors (Lipinski definition) is 2. The first-order chi connectivity index (χ1) is 7.92. The molecule has 0 aromatic heterocycles. The van der Waals surface area contributed by atoms with Gasteiger partial charge in [-0.25, -0.2) is 4.57 Å². The summed E-state index contributed by atoms with van der Waals surface area (Å²) in [5.74, 6) is 0.512. The summed E-state index contributed by atoms with van der Waals surface area (Å²) < 4.78 is 15.7. The Labute approximate surface area is 105 Å². The van der Waals surface area contributed by atoms with Crippen molar-refractivity contribution in [2.24, 2.45) is 5.92 Å². The molecule has 104 valence electrons. The highest BCUT2D eigenvalue weighted by atomic mass is 31.2. The van der Waals surface area contributed by atoms with Crippen LogP contribution >= 0.6 is 7.82 Å².